The van der Waals surface area contributed by atoms with E-state index >= 15 is 0 Å². The Morgan fingerprint density at radius 1 is 1.00 bits per heavy atom. The van der Waals surface area contributed by atoms with Crippen LogP contribution in [0.2, 0.25) is 0 Å². The first kappa shape index (κ1) is 12.1. The SMILES string of the molecule is [Se]c1nc(NCc2ccccc2)c2cccnc2n1. The predicted molar refractivity (Wildman–Crippen MR) is 76.5 cm³/mol. The second kappa shape index (κ2) is 5.34. The second-order valence-corrected chi connectivity index (χ2v) is 4.83. The van der Waals surface area contributed by atoms with Crippen molar-refractivity contribution in [1.29, 1.82) is 0 Å². The van der Waals surface area contributed by atoms with Crippen LogP contribution in [0.1, 0.15) is 5.56 Å². The maximum absolute atomic E-state index is 4.40. The van der Waals surface area contributed by atoms with Crippen LogP contribution in [0.4, 0.5) is 5.82 Å². The van der Waals surface area contributed by atoms with Crippen molar-refractivity contribution in [1.82, 2.24) is 15.0 Å². The van der Waals surface area contributed by atoms with E-state index in [1.807, 2.05) is 30.3 Å². The van der Waals surface area contributed by atoms with Gasteiger partial charge in [0.15, 0.2) is 0 Å². The molecule has 0 saturated heterocycles. The number of anilines is 1. The van der Waals surface area contributed by atoms with Crippen LogP contribution in [0.25, 0.3) is 11.0 Å². The van der Waals surface area contributed by atoms with E-state index in [4.69, 9.17) is 0 Å². The van der Waals surface area contributed by atoms with Gasteiger partial charge in [-0.2, -0.15) is 0 Å². The first-order valence-corrected chi connectivity index (χ1v) is 6.76. The van der Waals surface area contributed by atoms with Gasteiger partial charge in [-0.15, -0.1) is 0 Å². The first-order chi connectivity index (χ1) is 9.33. The van der Waals surface area contributed by atoms with Gasteiger partial charge in [0.2, 0.25) is 0 Å². The van der Waals surface area contributed by atoms with Crippen LogP contribution < -0.4 is 10.0 Å². The van der Waals surface area contributed by atoms with Gasteiger partial charge in [-0.25, -0.2) is 0 Å². The number of nitrogens with one attached hydrogen (secondary N) is 1. The zero-order valence-corrected chi connectivity index (χ0v) is 11.8. The number of fused-ring (bicyclic) bond motifs is 1. The molecule has 0 aliphatic carbocycles. The van der Waals surface area contributed by atoms with Gasteiger partial charge in [0.1, 0.15) is 0 Å². The third-order valence-corrected chi connectivity index (χ3v) is 3.14. The van der Waals surface area contributed by atoms with Crippen LogP contribution in [0.15, 0.2) is 48.7 Å². The summed E-state index contributed by atoms with van der Waals surface area (Å²) in [4.78, 5) is 12.9. The van der Waals surface area contributed by atoms with Crippen molar-refractivity contribution in [3.8, 4) is 0 Å². The fourth-order valence-electron chi connectivity index (χ4n) is 1.86. The van der Waals surface area contributed by atoms with Gasteiger partial charge in [-0.1, -0.05) is 0 Å². The van der Waals surface area contributed by atoms with E-state index in [9.17, 15) is 0 Å². The molecule has 3 rings (SSSR count). The van der Waals surface area contributed by atoms with Crippen LogP contribution in [-0.2, 0) is 6.54 Å². The van der Waals surface area contributed by atoms with E-state index in [0.717, 1.165) is 17.7 Å². The molecule has 0 unspecified atom stereocenters. The van der Waals surface area contributed by atoms with Gasteiger partial charge in [0.25, 0.3) is 0 Å². The van der Waals surface area contributed by atoms with Crippen molar-refractivity contribution in [2.75, 3.05) is 5.32 Å². The molecular formula is C14H11N4Se. The van der Waals surface area contributed by atoms with Gasteiger partial charge in [-0.3, -0.25) is 0 Å². The third kappa shape index (κ3) is 2.72. The van der Waals surface area contributed by atoms with Crippen molar-refractivity contribution in [3.05, 3.63) is 54.2 Å². The van der Waals surface area contributed by atoms with Crippen LogP contribution in [0.3, 0.4) is 0 Å². The quantitative estimate of drug-likeness (QED) is 0.743. The molecule has 93 valence electrons. The summed E-state index contributed by atoms with van der Waals surface area (Å²) < 4.78 is 0.599. The summed E-state index contributed by atoms with van der Waals surface area (Å²) in [6.07, 6.45) is 1.73. The normalized spacial score (nSPS) is 10.5. The second-order valence-electron chi connectivity index (χ2n) is 4.07. The third-order valence-electron chi connectivity index (χ3n) is 2.75. The Hall–Kier alpha value is -1.97. The molecule has 0 bridgehead atoms. The molecule has 0 aliphatic heterocycles. The first-order valence-electron chi connectivity index (χ1n) is 5.90. The molecule has 2 heterocycles. The molecule has 0 aliphatic rings. The molecule has 0 saturated carbocycles. The molecule has 3 aromatic rings. The van der Waals surface area contributed by atoms with Gasteiger partial charge in [0.05, 0.1) is 0 Å². The van der Waals surface area contributed by atoms with E-state index in [0.29, 0.717) is 10.4 Å². The van der Waals surface area contributed by atoms with Crippen LogP contribution >= 0.6 is 0 Å². The van der Waals surface area contributed by atoms with Gasteiger partial charge < -0.3 is 0 Å². The van der Waals surface area contributed by atoms with Crippen molar-refractivity contribution in [3.63, 3.8) is 0 Å². The number of pyridine rings is 1. The molecule has 0 fully saturated rings. The molecule has 1 aromatic carbocycles. The van der Waals surface area contributed by atoms with Crippen molar-refractivity contribution in [2.45, 2.75) is 6.54 Å². The number of rotatable bonds is 3. The number of benzene rings is 1. The standard InChI is InChI=1S/C14H11N4Se/c19-14-17-12-11(7-4-8-15-12)13(18-14)16-9-10-5-2-1-3-6-10/h1-8H,9H2,(H,15,16,17,18). The summed E-state index contributed by atoms with van der Waals surface area (Å²) in [5, 5.41) is 4.26. The monoisotopic (exact) mass is 315 g/mol. The van der Waals surface area contributed by atoms with Gasteiger partial charge in [0, 0.05) is 0 Å². The summed E-state index contributed by atoms with van der Waals surface area (Å²) in [6, 6.07) is 14.1. The molecule has 19 heavy (non-hydrogen) atoms. The number of aromatic nitrogens is 3. The Balaban J connectivity index is 1.92. The van der Waals surface area contributed by atoms with E-state index in [-0.39, 0.29) is 0 Å². The average molecular weight is 314 g/mol. The molecule has 1 N–H and O–H groups in total. The Morgan fingerprint density at radius 3 is 2.68 bits per heavy atom. The van der Waals surface area contributed by atoms with Gasteiger partial charge >= 0.3 is 119 Å². The zero-order chi connectivity index (χ0) is 13.1. The van der Waals surface area contributed by atoms with Crippen LogP contribution in [0.5, 0.6) is 0 Å². The summed E-state index contributed by atoms with van der Waals surface area (Å²) in [7, 11) is 0. The summed E-state index contributed by atoms with van der Waals surface area (Å²) in [5.74, 6) is 0.802. The maximum atomic E-state index is 4.40. The van der Waals surface area contributed by atoms with Crippen LogP contribution in [0, 0.1) is 0 Å². The zero-order valence-electron chi connectivity index (χ0n) is 10.1. The number of hydrogen-bond acceptors (Lipinski definition) is 4. The fourth-order valence-corrected chi connectivity index (χ4v) is 2.23. The molecule has 0 atom stereocenters. The van der Waals surface area contributed by atoms with E-state index < -0.39 is 0 Å². The minimum absolute atomic E-state index is 0.599. The van der Waals surface area contributed by atoms with Crippen LogP contribution in [-0.4, -0.2) is 31.0 Å². The Kier molecular flexibility index (Phi) is 3.40. The van der Waals surface area contributed by atoms with E-state index in [1.54, 1.807) is 6.20 Å². The molecule has 5 heteroatoms. The summed E-state index contributed by atoms with van der Waals surface area (Å²) in [6.45, 7) is 0.723. The number of hydrogen-bond donors (Lipinski definition) is 1. The fraction of sp³-hybridized carbons (Fsp3) is 0.0714. The predicted octanol–water partition coefficient (Wildman–Crippen LogP) is 1.43. The molecular weight excluding hydrogens is 303 g/mol. The van der Waals surface area contributed by atoms with Gasteiger partial charge in [-0.05, 0) is 0 Å². The number of nitrogens with zero attached hydrogens (tertiary/aromatic N) is 3. The molecule has 4 nitrogen and oxygen atoms in total. The molecule has 0 spiro atoms. The Morgan fingerprint density at radius 2 is 1.84 bits per heavy atom. The average Bonchev–Trinajstić information content (AvgIpc) is 2.45. The molecule has 0 amide bonds. The van der Waals surface area contributed by atoms with Crippen molar-refractivity contribution < 1.29 is 0 Å². The van der Waals surface area contributed by atoms with E-state index in [1.165, 1.54) is 5.56 Å². The molecule has 1 radical (unpaired) electrons. The van der Waals surface area contributed by atoms with Crippen molar-refractivity contribution >= 4 is 37.6 Å². The van der Waals surface area contributed by atoms with Crippen molar-refractivity contribution in [2.24, 2.45) is 0 Å². The van der Waals surface area contributed by atoms with E-state index in [2.05, 4.69) is 48.4 Å². The summed E-state index contributed by atoms with van der Waals surface area (Å²) >= 11 is 2.83. The topological polar surface area (TPSA) is 50.7 Å². The molecule has 2 aromatic heterocycles. The minimum atomic E-state index is 0.599. The Labute approximate surface area is 119 Å². The summed E-state index contributed by atoms with van der Waals surface area (Å²) in [5.41, 5.74) is 1.90. The Bertz CT molecular complexity index is 700.